The van der Waals surface area contributed by atoms with E-state index in [1.165, 1.54) is 12.0 Å². The van der Waals surface area contributed by atoms with Gasteiger partial charge in [-0.2, -0.15) is 0 Å². The van der Waals surface area contributed by atoms with Gasteiger partial charge in [0.25, 0.3) is 0 Å². The molecule has 1 aromatic carbocycles. The highest BCUT2D eigenvalue weighted by atomic mass is 16.2. The monoisotopic (exact) mass is 323 g/mol. The lowest BCUT2D eigenvalue weighted by Crippen LogP contribution is -2.49. The third-order valence-electron chi connectivity index (χ3n) is 4.67. The Morgan fingerprint density at radius 1 is 1.12 bits per heavy atom. The van der Waals surface area contributed by atoms with Crippen molar-refractivity contribution in [3.63, 3.8) is 0 Å². The number of hydrogen-bond acceptors (Lipinski definition) is 3. The Kier molecular flexibility index (Phi) is 5.59. The number of likely N-dealkylation sites (N-methyl/N-ethyl adjacent to an activating group) is 1. The van der Waals surface area contributed by atoms with Gasteiger partial charge < -0.3 is 4.90 Å². The van der Waals surface area contributed by atoms with Crippen molar-refractivity contribution in [2.45, 2.75) is 38.4 Å². The fourth-order valence-electron chi connectivity index (χ4n) is 3.37. The van der Waals surface area contributed by atoms with E-state index in [0.717, 1.165) is 31.5 Å². The van der Waals surface area contributed by atoms with E-state index in [2.05, 4.69) is 34.1 Å². The molecular weight excluding hydrogens is 298 g/mol. The predicted octanol–water partition coefficient (Wildman–Crippen LogP) is 3.09. The quantitative estimate of drug-likeness (QED) is 0.848. The summed E-state index contributed by atoms with van der Waals surface area (Å²) in [5, 5.41) is 0. The molecule has 0 aliphatic carbocycles. The average molecular weight is 323 g/mol. The number of aromatic nitrogens is 1. The van der Waals surface area contributed by atoms with E-state index >= 15 is 0 Å². The molecule has 0 radical (unpaired) electrons. The van der Waals surface area contributed by atoms with Crippen molar-refractivity contribution in [2.75, 3.05) is 13.6 Å². The first-order valence-electron chi connectivity index (χ1n) is 8.66. The smallest absolute Gasteiger partial charge is 0.239 e. The summed E-state index contributed by atoms with van der Waals surface area (Å²) in [6, 6.07) is 14.3. The molecule has 2 heterocycles. The second kappa shape index (κ2) is 8.06. The van der Waals surface area contributed by atoms with E-state index in [4.69, 9.17) is 0 Å². The highest BCUT2D eigenvalue weighted by Gasteiger charge is 2.30. The first-order chi connectivity index (χ1) is 11.7. The first-order valence-corrected chi connectivity index (χ1v) is 8.66. The zero-order valence-corrected chi connectivity index (χ0v) is 14.3. The molecule has 0 spiro atoms. The molecule has 0 N–H and O–H groups in total. The van der Waals surface area contributed by atoms with E-state index in [9.17, 15) is 4.79 Å². The first kappa shape index (κ1) is 16.7. The maximum Gasteiger partial charge on any atom is 0.239 e. The number of nitrogens with zero attached hydrogens (tertiary/aromatic N) is 3. The molecule has 1 fully saturated rings. The Hall–Kier alpha value is -2.20. The van der Waals surface area contributed by atoms with E-state index < -0.39 is 0 Å². The van der Waals surface area contributed by atoms with Gasteiger partial charge in [0.05, 0.1) is 6.04 Å². The molecule has 126 valence electrons. The third kappa shape index (κ3) is 4.20. The second-order valence-corrected chi connectivity index (χ2v) is 6.52. The van der Waals surface area contributed by atoms with Gasteiger partial charge in [-0.05, 0) is 42.6 Å². The molecule has 1 unspecified atom stereocenters. The highest BCUT2D eigenvalue weighted by molar-refractivity contribution is 5.81. The molecule has 24 heavy (non-hydrogen) atoms. The Labute approximate surface area is 144 Å². The van der Waals surface area contributed by atoms with Gasteiger partial charge in [-0.1, -0.05) is 36.8 Å². The molecule has 0 bridgehead atoms. The molecule has 0 saturated carbocycles. The van der Waals surface area contributed by atoms with Crippen LogP contribution in [0.1, 0.15) is 30.4 Å². The fraction of sp³-hybridized carbons (Fsp3) is 0.400. The Bertz CT molecular complexity index is 644. The lowest BCUT2D eigenvalue weighted by Gasteiger charge is -2.36. The molecule has 1 amide bonds. The predicted molar refractivity (Wildman–Crippen MR) is 95.2 cm³/mol. The Morgan fingerprint density at radius 2 is 1.88 bits per heavy atom. The van der Waals surface area contributed by atoms with Crippen LogP contribution in [0, 0.1) is 0 Å². The maximum absolute atomic E-state index is 13.0. The number of piperidine rings is 1. The van der Waals surface area contributed by atoms with Crippen molar-refractivity contribution in [3.8, 4) is 0 Å². The number of likely N-dealkylation sites (tertiary alicyclic amines) is 1. The van der Waals surface area contributed by atoms with E-state index in [-0.39, 0.29) is 11.9 Å². The Morgan fingerprint density at radius 3 is 2.62 bits per heavy atom. The molecule has 1 atom stereocenters. The average Bonchev–Trinajstić information content (AvgIpc) is 2.63. The summed E-state index contributed by atoms with van der Waals surface area (Å²) >= 11 is 0. The zero-order chi connectivity index (χ0) is 16.8. The topological polar surface area (TPSA) is 36.4 Å². The van der Waals surface area contributed by atoms with Crippen LogP contribution < -0.4 is 0 Å². The number of carbonyl (C=O) groups is 1. The molecule has 4 nitrogen and oxygen atoms in total. The number of carbonyl (C=O) groups excluding carboxylic acids is 1. The second-order valence-electron chi connectivity index (χ2n) is 6.52. The number of amides is 1. The Balaban J connectivity index is 1.66. The minimum Gasteiger partial charge on any atom is -0.340 e. The van der Waals surface area contributed by atoms with Crippen LogP contribution in [0.3, 0.4) is 0 Å². The SMILES string of the molecule is CN(Cc1ccncc1)C(=O)C1CCCCN1Cc1ccccc1. The van der Waals surface area contributed by atoms with Crippen molar-refractivity contribution in [1.82, 2.24) is 14.8 Å². The lowest BCUT2D eigenvalue weighted by atomic mass is 9.99. The fourth-order valence-corrected chi connectivity index (χ4v) is 3.37. The summed E-state index contributed by atoms with van der Waals surface area (Å²) in [5.41, 5.74) is 2.39. The van der Waals surface area contributed by atoms with Crippen molar-refractivity contribution in [2.24, 2.45) is 0 Å². The standard InChI is InChI=1S/C20H25N3O/c1-22(15-18-10-12-21-13-11-18)20(24)19-9-5-6-14-23(19)16-17-7-3-2-4-8-17/h2-4,7-8,10-13,19H,5-6,9,14-16H2,1H3. The van der Waals surface area contributed by atoms with E-state index in [1.807, 2.05) is 30.1 Å². The molecule has 1 saturated heterocycles. The lowest BCUT2D eigenvalue weighted by molar-refractivity contribution is -0.137. The van der Waals surface area contributed by atoms with Gasteiger partial charge in [-0.25, -0.2) is 0 Å². The van der Waals surface area contributed by atoms with Crippen LogP contribution in [-0.4, -0.2) is 40.3 Å². The van der Waals surface area contributed by atoms with Crippen LogP contribution >= 0.6 is 0 Å². The summed E-state index contributed by atoms with van der Waals surface area (Å²) in [6.07, 6.45) is 6.80. The number of rotatable bonds is 5. The van der Waals surface area contributed by atoms with Crippen molar-refractivity contribution in [1.29, 1.82) is 0 Å². The molecule has 2 aromatic rings. The number of benzene rings is 1. The molecule has 1 aliphatic heterocycles. The van der Waals surface area contributed by atoms with Crippen LogP contribution in [0.4, 0.5) is 0 Å². The summed E-state index contributed by atoms with van der Waals surface area (Å²) in [4.78, 5) is 21.2. The third-order valence-corrected chi connectivity index (χ3v) is 4.67. The number of hydrogen-bond donors (Lipinski definition) is 0. The molecule has 1 aliphatic rings. The van der Waals surface area contributed by atoms with Gasteiger partial charge in [0.15, 0.2) is 0 Å². The summed E-state index contributed by atoms with van der Waals surface area (Å²) in [6.45, 7) is 2.48. The molecule has 1 aromatic heterocycles. The summed E-state index contributed by atoms with van der Waals surface area (Å²) < 4.78 is 0. The van der Waals surface area contributed by atoms with Gasteiger partial charge in [0.2, 0.25) is 5.91 Å². The van der Waals surface area contributed by atoms with Crippen LogP contribution in [0.25, 0.3) is 0 Å². The van der Waals surface area contributed by atoms with Crippen LogP contribution in [0.2, 0.25) is 0 Å². The van der Waals surface area contributed by atoms with Gasteiger partial charge in [-0.3, -0.25) is 14.7 Å². The minimum absolute atomic E-state index is 0.00852. The van der Waals surface area contributed by atoms with Crippen LogP contribution in [0.15, 0.2) is 54.9 Å². The highest BCUT2D eigenvalue weighted by Crippen LogP contribution is 2.21. The van der Waals surface area contributed by atoms with Crippen molar-refractivity contribution < 1.29 is 4.79 Å². The summed E-state index contributed by atoms with van der Waals surface area (Å²) in [5.74, 6) is 0.224. The van der Waals surface area contributed by atoms with E-state index in [0.29, 0.717) is 6.54 Å². The molecule has 3 rings (SSSR count). The normalized spacial score (nSPS) is 18.3. The van der Waals surface area contributed by atoms with Crippen molar-refractivity contribution >= 4 is 5.91 Å². The molecular formula is C20H25N3O. The zero-order valence-electron chi connectivity index (χ0n) is 14.3. The molecule has 4 heteroatoms. The number of pyridine rings is 1. The summed E-state index contributed by atoms with van der Waals surface area (Å²) in [7, 11) is 1.90. The van der Waals surface area contributed by atoms with Crippen molar-refractivity contribution in [3.05, 3.63) is 66.0 Å². The van der Waals surface area contributed by atoms with Gasteiger partial charge >= 0.3 is 0 Å². The van der Waals surface area contributed by atoms with E-state index in [1.54, 1.807) is 12.4 Å². The van der Waals surface area contributed by atoms with Gasteiger partial charge in [-0.15, -0.1) is 0 Å². The maximum atomic E-state index is 13.0. The van der Waals surface area contributed by atoms with Gasteiger partial charge in [0.1, 0.15) is 0 Å². The van der Waals surface area contributed by atoms with Gasteiger partial charge in [0, 0.05) is 32.5 Å². The largest absolute Gasteiger partial charge is 0.340 e. The van der Waals surface area contributed by atoms with Crippen LogP contribution in [0.5, 0.6) is 0 Å². The van der Waals surface area contributed by atoms with Crippen LogP contribution in [-0.2, 0) is 17.9 Å². The minimum atomic E-state index is -0.00852.